The summed E-state index contributed by atoms with van der Waals surface area (Å²) in [7, 11) is 0. The highest BCUT2D eigenvalue weighted by atomic mass is 16.1. The molecule has 0 spiro atoms. The molecular formula is C10H10O2. The van der Waals surface area contributed by atoms with Crippen molar-refractivity contribution in [2.75, 3.05) is 0 Å². The maximum Gasteiger partial charge on any atom is 0.159 e. The van der Waals surface area contributed by atoms with Crippen molar-refractivity contribution in [3.05, 3.63) is 23.3 Å². The predicted octanol–water partition coefficient (Wildman–Crippen LogP) is 1.56. The van der Waals surface area contributed by atoms with Gasteiger partial charge in [-0.1, -0.05) is 11.6 Å². The predicted molar refractivity (Wildman–Crippen MR) is 44.6 cm³/mol. The summed E-state index contributed by atoms with van der Waals surface area (Å²) in [5.74, 6) is 0.374. The number of allylic oxidation sites excluding steroid dienone is 4. The van der Waals surface area contributed by atoms with Crippen molar-refractivity contribution in [2.24, 2.45) is 0 Å². The smallest absolute Gasteiger partial charge is 0.159 e. The van der Waals surface area contributed by atoms with Crippen molar-refractivity contribution in [1.29, 1.82) is 0 Å². The zero-order valence-electron chi connectivity index (χ0n) is 6.80. The van der Waals surface area contributed by atoms with Crippen molar-refractivity contribution in [2.45, 2.75) is 25.7 Å². The van der Waals surface area contributed by atoms with Crippen molar-refractivity contribution >= 4 is 11.6 Å². The quantitative estimate of drug-likeness (QED) is 0.541. The van der Waals surface area contributed by atoms with Crippen LogP contribution in [0.3, 0.4) is 0 Å². The van der Waals surface area contributed by atoms with Crippen LogP contribution in [-0.4, -0.2) is 11.6 Å². The minimum absolute atomic E-state index is 0.134. The third-order valence-corrected chi connectivity index (χ3v) is 2.43. The summed E-state index contributed by atoms with van der Waals surface area (Å²) in [6.07, 6.45) is 5.95. The fourth-order valence-electron chi connectivity index (χ4n) is 1.79. The van der Waals surface area contributed by atoms with E-state index in [9.17, 15) is 9.59 Å². The van der Waals surface area contributed by atoms with Gasteiger partial charge in [0.2, 0.25) is 0 Å². The Morgan fingerprint density at radius 1 is 1.17 bits per heavy atom. The molecule has 2 rings (SSSR count). The highest BCUT2D eigenvalue weighted by Gasteiger charge is 2.24. The van der Waals surface area contributed by atoms with Crippen LogP contribution in [0.2, 0.25) is 0 Å². The fraction of sp³-hybridized carbons (Fsp3) is 0.400. The van der Waals surface area contributed by atoms with Gasteiger partial charge in [0.1, 0.15) is 0 Å². The number of ketones is 2. The highest BCUT2D eigenvalue weighted by Crippen LogP contribution is 2.29. The molecule has 0 aromatic carbocycles. The van der Waals surface area contributed by atoms with E-state index < -0.39 is 0 Å². The number of carbonyl (C=O) groups excluding carboxylic acids is 2. The van der Waals surface area contributed by atoms with Gasteiger partial charge >= 0.3 is 0 Å². The summed E-state index contributed by atoms with van der Waals surface area (Å²) in [6.45, 7) is 0. The van der Waals surface area contributed by atoms with Crippen LogP contribution in [0.15, 0.2) is 23.3 Å². The minimum Gasteiger partial charge on any atom is -0.295 e. The van der Waals surface area contributed by atoms with Crippen LogP contribution in [0.1, 0.15) is 25.7 Å². The van der Waals surface area contributed by atoms with E-state index >= 15 is 0 Å². The summed E-state index contributed by atoms with van der Waals surface area (Å²) >= 11 is 0. The molecule has 0 aliphatic heterocycles. The molecule has 0 fully saturated rings. The van der Waals surface area contributed by atoms with Gasteiger partial charge in [0.15, 0.2) is 11.6 Å². The topological polar surface area (TPSA) is 34.1 Å². The Labute approximate surface area is 71.0 Å². The van der Waals surface area contributed by atoms with Crippen molar-refractivity contribution in [1.82, 2.24) is 0 Å². The van der Waals surface area contributed by atoms with Gasteiger partial charge in [-0.3, -0.25) is 9.59 Å². The molecule has 0 aromatic heterocycles. The molecule has 0 heterocycles. The Hall–Kier alpha value is -1.18. The van der Waals surface area contributed by atoms with Gasteiger partial charge < -0.3 is 0 Å². The minimum atomic E-state index is 0.134. The summed E-state index contributed by atoms with van der Waals surface area (Å²) in [5.41, 5.74) is 1.98. The second-order valence-corrected chi connectivity index (χ2v) is 3.25. The lowest BCUT2D eigenvalue weighted by molar-refractivity contribution is -0.115. The van der Waals surface area contributed by atoms with Crippen LogP contribution in [0, 0.1) is 0 Å². The lowest BCUT2D eigenvalue weighted by Gasteiger charge is -1.97. The maximum atomic E-state index is 11.3. The van der Waals surface area contributed by atoms with Crippen LogP contribution < -0.4 is 0 Å². The summed E-state index contributed by atoms with van der Waals surface area (Å²) in [4.78, 5) is 22.4. The van der Waals surface area contributed by atoms with Crippen LogP contribution in [0.25, 0.3) is 0 Å². The summed E-state index contributed by atoms with van der Waals surface area (Å²) in [6, 6.07) is 0. The second-order valence-electron chi connectivity index (χ2n) is 3.25. The summed E-state index contributed by atoms with van der Waals surface area (Å²) in [5, 5.41) is 0. The van der Waals surface area contributed by atoms with Crippen molar-refractivity contribution < 1.29 is 9.59 Å². The number of hydrogen-bond acceptors (Lipinski definition) is 2. The van der Waals surface area contributed by atoms with Crippen LogP contribution >= 0.6 is 0 Å². The molecule has 0 saturated carbocycles. The maximum absolute atomic E-state index is 11.3. The molecule has 2 aliphatic carbocycles. The zero-order chi connectivity index (χ0) is 8.55. The van der Waals surface area contributed by atoms with E-state index in [0.717, 1.165) is 17.6 Å². The van der Waals surface area contributed by atoms with Gasteiger partial charge in [-0.25, -0.2) is 0 Å². The average molecular weight is 162 g/mol. The lowest BCUT2D eigenvalue weighted by Crippen LogP contribution is -1.94. The molecule has 0 atom stereocenters. The van der Waals surface area contributed by atoms with Gasteiger partial charge in [-0.2, -0.15) is 0 Å². The van der Waals surface area contributed by atoms with E-state index in [4.69, 9.17) is 0 Å². The molecule has 12 heavy (non-hydrogen) atoms. The average Bonchev–Trinajstić information content (AvgIpc) is 2.31. The van der Waals surface area contributed by atoms with E-state index in [1.54, 1.807) is 12.2 Å². The number of hydrogen-bond donors (Lipinski definition) is 0. The molecule has 0 radical (unpaired) electrons. The second kappa shape index (κ2) is 2.70. The molecule has 2 heteroatoms. The molecule has 0 N–H and O–H groups in total. The van der Waals surface area contributed by atoms with Gasteiger partial charge in [-0.05, 0) is 24.5 Å². The summed E-state index contributed by atoms with van der Waals surface area (Å²) < 4.78 is 0. The number of rotatable bonds is 0. The first kappa shape index (κ1) is 7.47. The molecular weight excluding hydrogens is 152 g/mol. The Morgan fingerprint density at radius 3 is 2.83 bits per heavy atom. The fourth-order valence-corrected chi connectivity index (χ4v) is 1.79. The normalized spacial score (nSPS) is 23.0. The van der Waals surface area contributed by atoms with Crippen molar-refractivity contribution in [3.8, 4) is 0 Å². The van der Waals surface area contributed by atoms with Crippen LogP contribution in [-0.2, 0) is 9.59 Å². The molecule has 0 saturated heterocycles. The number of carbonyl (C=O) groups is 2. The Bertz CT molecular complexity index is 308. The lowest BCUT2D eigenvalue weighted by atomic mass is 10.1. The SMILES string of the molecule is O=C1C=CCC2=C(CCC2=O)C1. The Morgan fingerprint density at radius 2 is 2.00 bits per heavy atom. The molecule has 0 unspecified atom stereocenters. The van der Waals surface area contributed by atoms with Gasteiger partial charge in [0.25, 0.3) is 0 Å². The first-order chi connectivity index (χ1) is 5.77. The zero-order valence-corrected chi connectivity index (χ0v) is 6.80. The first-order valence-corrected chi connectivity index (χ1v) is 4.21. The standard InChI is InChI=1S/C10H10O2/c11-8-2-1-3-9-7(6-8)4-5-10(9)12/h1-2H,3-6H2. The largest absolute Gasteiger partial charge is 0.295 e. The molecule has 2 nitrogen and oxygen atoms in total. The van der Waals surface area contributed by atoms with Gasteiger partial charge in [0.05, 0.1) is 0 Å². The van der Waals surface area contributed by atoms with Crippen molar-refractivity contribution in [3.63, 3.8) is 0 Å². The van der Waals surface area contributed by atoms with Gasteiger partial charge in [-0.15, -0.1) is 0 Å². The van der Waals surface area contributed by atoms with Crippen LogP contribution in [0.5, 0.6) is 0 Å². The monoisotopic (exact) mass is 162 g/mol. The molecule has 2 aliphatic rings. The van der Waals surface area contributed by atoms with Gasteiger partial charge in [0, 0.05) is 12.8 Å². The van der Waals surface area contributed by atoms with E-state index in [1.807, 2.05) is 0 Å². The van der Waals surface area contributed by atoms with E-state index in [-0.39, 0.29) is 11.6 Å². The first-order valence-electron chi connectivity index (χ1n) is 4.21. The van der Waals surface area contributed by atoms with E-state index in [0.29, 0.717) is 19.3 Å². The highest BCUT2D eigenvalue weighted by molar-refractivity contribution is 6.02. The molecule has 62 valence electrons. The number of Topliss-reactive ketones (excluding diaryl/α,β-unsaturated/α-hetero) is 1. The van der Waals surface area contributed by atoms with E-state index in [2.05, 4.69) is 0 Å². The molecule has 0 aromatic rings. The van der Waals surface area contributed by atoms with E-state index in [1.165, 1.54) is 0 Å². The third-order valence-electron chi connectivity index (χ3n) is 2.43. The van der Waals surface area contributed by atoms with Crippen LogP contribution in [0.4, 0.5) is 0 Å². The molecule has 0 amide bonds. The third kappa shape index (κ3) is 1.13. The Balaban J connectivity index is 2.34. The molecule has 0 bridgehead atoms. The Kier molecular flexibility index (Phi) is 1.68.